The Morgan fingerprint density at radius 2 is 1.57 bits per heavy atom. The van der Waals surface area contributed by atoms with Gasteiger partial charge in [0.15, 0.2) is 11.6 Å². The van der Waals surface area contributed by atoms with Crippen molar-refractivity contribution in [2.45, 2.75) is 90.6 Å². The van der Waals surface area contributed by atoms with E-state index in [4.69, 9.17) is 5.73 Å². The molecule has 5 N–H and O–H groups in total. The second kappa shape index (κ2) is 19.3. The smallest absolute Gasteiger partial charge is 0.223 e. The van der Waals surface area contributed by atoms with Gasteiger partial charge >= 0.3 is 0 Å². The molecule has 4 atom stereocenters. The molecule has 0 saturated heterocycles. The molecule has 0 rings (SSSR count). The van der Waals surface area contributed by atoms with E-state index in [0.717, 1.165) is 18.6 Å². The minimum Gasteiger partial charge on any atom is -0.359 e. The fourth-order valence-corrected chi connectivity index (χ4v) is 4.12. The van der Waals surface area contributed by atoms with Crippen molar-refractivity contribution in [3.8, 4) is 0 Å². The summed E-state index contributed by atoms with van der Waals surface area (Å²) >= 11 is 1.61. The first kappa shape index (κ1) is 33.1. The van der Waals surface area contributed by atoms with E-state index in [-0.39, 0.29) is 36.2 Å². The zero-order chi connectivity index (χ0) is 26.8. The van der Waals surface area contributed by atoms with Gasteiger partial charge in [-0.15, -0.1) is 0 Å². The summed E-state index contributed by atoms with van der Waals surface area (Å²) in [6.45, 7) is 5.71. The number of nitrogens with two attached hydrogens (primary N) is 1. The molecule has 0 saturated carbocycles. The fraction of sp³-hybridized carbons (Fsp3) is 0.800. The third kappa shape index (κ3) is 14.3. The van der Waals surface area contributed by atoms with Gasteiger partial charge in [-0.25, -0.2) is 0 Å². The molecule has 0 aromatic carbocycles. The van der Waals surface area contributed by atoms with Crippen molar-refractivity contribution in [3.63, 3.8) is 0 Å². The Balaban J connectivity index is 5.11. The Labute approximate surface area is 214 Å². The number of hydrogen-bond donors (Lipinski definition) is 4. The molecule has 0 aromatic rings. The van der Waals surface area contributed by atoms with Crippen LogP contribution in [0.1, 0.15) is 78.6 Å². The predicted octanol–water partition coefficient (Wildman–Crippen LogP) is 1.96. The van der Waals surface area contributed by atoms with Crippen molar-refractivity contribution in [1.82, 2.24) is 16.0 Å². The van der Waals surface area contributed by atoms with Gasteiger partial charge in [0.1, 0.15) is 0 Å². The highest BCUT2D eigenvalue weighted by Crippen LogP contribution is 2.17. The van der Waals surface area contributed by atoms with E-state index >= 15 is 0 Å². The molecule has 202 valence electrons. The van der Waals surface area contributed by atoms with Crippen molar-refractivity contribution < 1.29 is 24.0 Å². The molecule has 35 heavy (non-hydrogen) atoms. The number of rotatable bonds is 20. The Hall–Kier alpha value is -1.94. The highest BCUT2D eigenvalue weighted by atomic mass is 32.2. The van der Waals surface area contributed by atoms with Crippen LogP contribution in [-0.4, -0.2) is 67.0 Å². The number of Topliss-reactive ketones (excluding diaryl/α,β-unsaturated/α-hetero) is 2. The van der Waals surface area contributed by atoms with Crippen molar-refractivity contribution >= 4 is 41.0 Å². The standard InChI is InChI=1S/C25H46N4O5S/c1-6-7-11-23(32)28-18(3)21(30)15-17(2)24(33)29-20(10-8-9-13-26)22(31)16-19(12-14-35-5)25(34)27-4/h17-20H,6-16,26H2,1-5H3,(H,27,34)(H,28,32)(H,29,33)/t17-,18+,19?,20+/m1/s1. The zero-order valence-electron chi connectivity index (χ0n) is 22.1. The first-order valence-electron chi connectivity index (χ1n) is 12.7. The first-order valence-corrected chi connectivity index (χ1v) is 14.1. The van der Waals surface area contributed by atoms with Crippen LogP contribution in [0.3, 0.4) is 0 Å². The summed E-state index contributed by atoms with van der Waals surface area (Å²) in [6.07, 6.45) is 6.33. The van der Waals surface area contributed by atoms with Crippen molar-refractivity contribution in [1.29, 1.82) is 0 Å². The first-order chi connectivity index (χ1) is 16.6. The van der Waals surface area contributed by atoms with E-state index in [9.17, 15) is 24.0 Å². The van der Waals surface area contributed by atoms with Crippen LogP contribution in [0.2, 0.25) is 0 Å². The van der Waals surface area contributed by atoms with Crippen LogP contribution in [0.4, 0.5) is 0 Å². The topological polar surface area (TPSA) is 147 Å². The van der Waals surface area contributed by atoms with Crippen molar-refractivity contribution in [2.75, 3.05) is 25.6 Å². The third-order valence-electron chi connectivity index (χ3n) is 5.96. The molecular weight excluding hydrogens is 468 g/mol. The summed E-state index contributed by atoms with van der Waals surface area (Å²) in [5.41, 5.74) is 5.58. The fourth-order valence-electron chi connectivity index (χ4n) is 3.60. The largest absolute Gasteiger partial charge is 0.359 e. The molecule has 0 fully saturated rings. The van der Waals surface area contributed by atoms with E-state index in [0.29, 0.717) is 38.6 Å². The Kier molecular flexibility index (Phi) is 18.2. The van der Waals surface area contributed by atoms with Gasteiger partial charge in [0.05, 0.1) is 12.1 Å². The SMILES string of the molecule is CCCCC(=O)N[C@@H](C)C(=O)C[C@@H](C)C(=O)N[C@@H](CCCCN)C(=O)CC(CCSC)C(=O)NC. The van der Waals surface area contributed by atoms with Gasteiger partial charge in [0.2, 0.25) is 17.7 Å². The minimum atomic E-state index is -0.737. The van der Waals surface area contributed by atoms with Gasteiger partial charge in [-0.1, -0.05) is 20.3 Å². The highest BCUT2D eigenvalue weighted by molar-refractivity contribution is 7.98. The lowest BCUT2D eigenvalue weighted by atomic mass is 9.92. The summed E-state index contributed by atoms with van der Waals surface area (Å²) in [4.78, 5) is 62.6. The van der Waals surface area contributed by atoms with Gasteiger partial charge < -0.3 is 21.7 Å². The molecule has 0 aliphatic carbocycles. The molecule has 0 radical (unpaired) electrons. The quantitative estimate of drug-likeness (QED) is 0.182. The average Bonchev–Trinajstić information content (AvgIpc) is 2.83. The van der Waals surface area contributed by atoms with Crippen molar-refractivity contribution in [2.24, 2.45) is 17.6 Å². The van der Waals surface area contributed by atoms with Crippen LogP contribution in [0, 0.1) is 11.8 Å². The van der Waals surface area contributed by atoms with E-state index in [1.165, 1.54) is 0 Å². The molecule has 0 aliphatic heterocycles. The number of nitrogens with one attached hydrogen (secondary N) is 3. The average molecular weight is 515 g/mol. The van der Waals surface area contributed by atoms with E-state index < -0.39 is 29.8 Å². The molecule has 9 nitrogen and oxygen atoms in total. The molecule has 0 aliphatic rings. The molecule has 0 aromatic heterocycles. The van der Waals surface area contributed by atoms with Gasteiger partial charge in [0.25, 0.3) is 0 Å². The number of carbonyl (C=O) groups is 5. The van der Waals surface area contributed by atoms with Gasteiger partial charge in [-0.05, 0) is 57.6 Å². The predicted molar refractivity (Wildman–Crippen MR) is 141 cm³/mol. The van der Waals surface area contributed by atoms with Gasteiger partial charge in [-0.2, -0.15) is 11.8 Å². The maximum atomic E-state index is 13.1. The van der Waals surface area contributed by atoms with Crippen LogP contribution in [0.25, 0.3) is 0 Å². The van der Waals surface area contributed by atoms with Crippen molar-refractivity contribution in [3.05, 3.63) is 0 Å². The Morgan fingerprint density at radius 3 is 2.14 bits per heavy atom. The van der Waals surface area contributed by atoms with Gasteiger partial charge in [0, 0.05) is 38.1 Å². The Morgan fingerprint density at radius 1 is 0.886 bits per heavy atom. The number of hydrogen-bond acceptors (Lipinski definition) is 7. The summed E-state index contributed by atoms with van der Waals surface area (Å²) in [5.74, 6) is -1.55. The highest BCUT2D eigenvalue weighted by Gasteiger charge is 2.29. The monoisotopic (exact) mass is 514 g/mol. The molecule has 0 heterocycles. The number of carbonyl (C=O) groups excluding carboxylic acids is 5. The molecular formula is C25H46N4O5S. The molecule has 0 spiro atoms. The lowest BCUT2D eigenvalue weighted by Gasteiger charge is -2.23. The number of thioether (sulfide) groups is 1. The molecule has 1 unspecified atom stereocenters. The maximum Gasteiger partial charge on any atom is 0.223 e. The Bertz CT molecular complexity index is 689. The summed E-state index contributed by atoms with van der Waals surface area (Å²) in [7, 11) is 1.55. The molecule has 10 heteroatoms. The molecule has 0 bridgehead atoms. The summed E-state index contributed by atoms with van der Waals surface area (Å²) in [5, 5.41) is 8.10. The lowest BCUT2D eigenvalue weighted by molar-refractivity contribution is -0.134. The second-order valence-corrected chi connectivity index (χ2v) is 10.1. The number of amides is 3. The second-order valence-electron chi connectivity index (χ2n) is 9.07. The maximum absolute atomic E-state index is 13.1. The van der Waals surface area contributed by atoms with Crippen LogP contribution < -0.4 is 21.7 Å². The molecule has 3 amide bonds. The van der Waals surface area contributed by atoms with Crippen LogP contribution >= 0.6 is 11.8 Å². The van der Waals surface area contributed by atoms with E-state index in [1.807, 2.05) is 13.2 Å². The number of ketones is 2. The third-order valence-corrected chi connectivity index (χ3v) is 6.60. The lowest BCUT2D eigenvalue weighted by Crippen LogP contribution is -2.46. The van der Waals surface area contributed by atoms with E-state index in [1.54, 1.807) is 32.7 Å². The minimum absolute atomic E-state index is 0.0423. The van der Waals surface area contributed by atoms with Crippen LogP contribution in [0.15, 0.2) is 0 Å². The van der Waals surface area contributed by atoms with Crippen LogP contribution in [0.5, 0.6) is 0 Å². The number of unbranched alkanes of at least 4 members (excludes halogenated alkanes) is 2. The van der Waals surface area contributed by atoms with Crippen LogP contribution in [-0.2, 0) is 24.0 Å². The summed E-state index contributed by atoms with van der Waals surface area (Å²) in [6, 6.07) is -1.42. The van der Waals surface area contributed by atoms with E-state index in [2.05, 4.69) is 16.0 Å². The zero-order valence-corrected chi connectivity index (χ0v) is 22.9. The van der Waals surface area contributed by atoms with Gasteiger partial charge in [-0.3, -0.25) is 24.0 Å². The normalized spacial score (nSPS) is 14.3. The summed E-state index contributed by atoms with van der Waals surface area (Å²) < 4.78 is 0.